The molecule has 1 saturated heterocycles. The number of aromatic nitrogens is 2. The van der Waals surface area contributed by atoms with Crippen LogP contribution in [0.3, 0.4) is 0 Å². The van der Waals surface area contributed by atoms with Crippen molar-refractivity contribution in [3.8, 4) is 0 Å². The van der Waals surface area contributed by atoms with Gasteiger partial charge in [-0.1, -0.05) is 54.1 Å². The Bertz CT molecular complexity index is 1250. The van der Waals surface area contributed by atoms with Crippen LogP contribution in [0.25, 0.3) is 11.0 Å². The molecule has 150 valence electrons. The number of halogens is 1. The molecule has 5 rings (SSSR count). The Hall–Kier alpha value is -3.11. The largest absolute Gasteiger partial charge is 0.323 e. The Morgan fingerprint density at radius 1 is 1.03 bits per heavy atom. The first-order valence-electron chi connectivity index (χ1n) is 10.2. The summed E-state index contributed by atoms with van der Waals surface area (Å²) in [5.41, 5.74) is 5.16. The Morgan fingerprint density at radius 3 is 2.67 bits per heavy atom. The van der Waals surface area contributed by atoms with Gasteiger partial charge in [0.15, 0.2) is 0 Å². The molecule has 2 heterocycles. The van der Waals surface area contributed by atoms with Crippen LogP contribution in [0.15, 0.2) is 72.8 Å². The zero-order valence-corrected chi connectivity index (χ0v) is 17.5. The number of carbonyl (C=O) groups excluding carboxylic acids is 1. The highest BCUT2D eigenvalue weighted by molar-refractivity contribution is 6.31. The van der Waals surface area contributed by atoms with Gasteiger partial charge in [0.05, 0.1) is 17.6 Å². The van der Waals surface area contributed by atoms with Crippen LogP contribution in [0.4, 0.5) is 5.69 Å². The molecule has 0 radical (unpaired) electrons. The third-order valence-corrected chi connectivity index (χ3v) is 6.14. The predicted molar refractivity (Wildman–Crippen MR) is 121 cm³/mol. The number of aryl methyl sites for hydroxylation is 1. The van der Waals surface area contributed by atoms with E-state index in [1.54, 1.807) is 0 Å². The minimum Gasteiger partial charge on any atom is -0.323 e. The quantitative estimate of drug-likeness (QED) is 0.437. The van der Waals surface area contributed by atoms with Gasteiger partial charge in [0.1, 0.15) is 5.82 Å². The molecule has 0 saturated carbocycles. The summed E-state index contributed by atoms with van der Waals surface area (Å²) in [5, 5.41) is 0.741. The van der Waals surface area contributed by atoms with Crippen LogP contribution in [0.2, 0.25) is 5.02 Å². The van der Waals surface area contributed by atoms with E-state index < -0.39 is 0 Å². The standard InChI is InChI=1S/C25H22ClN3O/c1-17-7-6-9-20(13-17)28-16-19(14-24(28)30)25-27-22-11-4-5-12-23(22)29(25)15-18-8-2-3-10-21(18)26/h2-13,19H,14-16H2,1H3. The van der Waals surface area contributed by atoms with Crippen LogP contribution in [-0.2, 0) is 11.3 Å². The zero-order valence-electron chi connectivity index (χ0n) is 16.8. The van der Waals surface area contributed by atoms with Gasteiger partial charge in [-0.25, -0.2) is 4.98 Å². The van der Waals surface area contributed by atoms with Gasteiger partial charge in [0.25, 0.3) is 0 Å². The van der Waals surface area contributed by atoms with Gasteiger partial charge in [0.2, 0.25) is 5.91 Å². The summed E-state index contributed by atoms with van der Waals surface area (Å²) in [4.78, 5) is 19.7. The summed E-state index contributed by atoms with van der Waals surface area (Å²) in [6.45, 7) is 3.31. The van der Waals surface area contributed by atoms with Crippen LogP contribution in [0, 0.1) is 6.92 Å². The number of rotatable bonds is 4. The molecule has 1 aliphatic rings. The van der Waals surface area contributed by atoms with E-state index in [0.717, 1.165) is 38.7 Å². The lowest BCUT2D eigenvalue weighted by molar-refractivity contribution is -0.117. The molecule has 1 aromatic heterocycles. The number of hydrogen-bond acceptors (Lipinski definition) is 2. The number of imidazole rings is 1. The smallest absolute Gasteiger partial charge is 0.227 e. The van der Waals surface area contributed by atoms with E-state index >= 15 is 0 Å². The minimum atomic E-state index is 0.0351. The first kappa shape index (κ1) is 18.9. The molecule has 1 fully saturated rings. The number of hydrogen-bond donors (Lipinski definition) is 0. The summed E-state index contributed by atoms with van der Waals surface area (Å²) in [6.07, 6.45) is 0.458. The number of para-hydroxylation sites is 2. The minimum absolute atomic E-state index is 0.0351. The first-order valence-corrected chi connectivity index (χ1v) is 10.5. The van der Waals surface area contributed by atoms with Crippen molar-refractivity contribution >= 4 is 34.2 Å². The summed E-state index contributed by atoms with van der Waals surface area (Å²) in [7, 11) is 0. The third kappa shape index (κ3) is 3.37. The molecule has 0 aliphatic carbocycles. The second-order valence-electron chi connectivity index (χ2n) is 7.88. The number of fused-ring (bicyclic) bond motifs is 1. The van der Waals surface area contributed by atoms with E-state index in [9.17, 15) is 4.79 Å². The van der Waals surface area contributed by atoms with Gasteiger partial charge in [-0.15, -0.1) is 0 Å². The topological polar surface area (TPSA) is 38.1 Å². The van der Waals surface area contributed by atoms with Gasteiger partial charge in [-0.3, -0.25) is 4.79 Å². The van der Waals surface area contributed by atoms with Crippen molar-refractivity contribution in [1.82, 2.24) is 9.55 Å². The molecule has 4 nitrogen and oxygen atoms in total. The maximum atomic E-state index is 12.9. The van der Waals surface area contributed by atoms with Crippen LogP contribution < -0.4 is 4.90 Å². The van der Waals surface area contributed by atoms with Crippen molar-refractivity contribution in [3.05, 3.63) is 94.8 Å². The molecule has 1 amide bonds. The lowest BCUT2D eigenvalue weighted by Crippen LogP contribution is -2.24. The fourth-order valence-corrected chi connectivity index (χ4v) is 4.49. The van der Waals surface area contributed by atoms with Gasteiger partial charge in [-0.2, -0.15) is 0 Å². The summed E-state index contributed by atoms with van der Waals surface area (Å²) in [6, 6.07) is 24.1. The summed E-state index contributed by atoms with van der Waals surface area (Å²) >= 11 is 6.45. The maximum Gasteiger partial charge on any atom is 0.227 e. The summed E-state index contributed by atoms with van der Waals surface area (Å²) in [5.74, 6) is 1.12. The van der Waals surface area contributed by atoms with Gasteiger partial charge in [-0.05, 0) is 48.4 Å². The van der Waals surface area contributed by atoms with E-state index in [-0.39, 0.29) is 11.8 Å². The number of nitrogens with zero attached hydrogens (tertiary/aromatic N) is 3. The highest BCUT2D eigenvalue weighted by Gasteiger charge is 2.35. The third-order valence-electron chi connectivity index (χ3n) is 5.77. The zero-order chi connectivity index (χ0) is 20.7. The van der Waals surface area contributed by atoms with E-state index in [1.165, 1.54) is 0 Å². The monoisotopic (exact) mass is 415 g/mol. The van der Waals surface area contributed by atoms with Crippen LogP contribution in [0.5, 0.6) is 0 Å². The van der Waals surface area contributed by atoms with E-state index in [1.807, 2.05) is 72.5 Å². The molecular formula is C25H22ClN3O. The molecule has 5 heteroatoms. The van der Waals surface area contributed by atoms with E-state index in [0.29, 0.717) is 19.5 Å². The molecule has 1 aliphatic heterocycles. The van der Waals surface area contributed by atoms with Gasteiger partial charge < -0.3 is 9.47 Å². The SMILES string of the molecule is Cc1cccc(N2CC(c3nc4ccccc4n3Cc3ccccc3Cl)CC2=O)c1. The second kappa shape index (κ2) is 7.62. The average Bonchev–Trinajstić information content (AvgIpc) is 3.30. The Kier molecular flexibility index (Phi) is 4.80. The molecule has 1 unspecified atom stereocenters. The Labute approximate surface area is 180 Å². The van der Waals surface area contributed by atoms with Crippen molar-refractivity contribution in [2.24, 2.45) is 0 Å². The van der Waals surface area contributed by atoms with Crippen molar-refractivity contribution in [3.63, 3.8) is 0 Å². The fraction of sp³-hybridized carbons (Fsp3) is 0.200. The van der Waals surface area contributed by atoms with Crippen LogP contribution in [0.1, 0.15) is 29.3 Å². The number of amides is 1. The molecule has 0 spiro atoms. The maximum absolute atomic E-state index is 12.9. The molecule has 1 atom stereocenters. The van der Waals surface area contributed by atoms with E-state index in [4.69, 9.17) is 16.6 Å². The number of carbonyl (C=O) groups is 1. The Morgan fingerprint density at radius 2 is 1.83 bits per heavy atom. The van der Waals surface area contributed by atoms with Crippen LogP contribution in [-0.4, -0.2) is 22.0 Å². The lowest BCUT2D eigenvalue weighted by atomic mass is 10.1. The van der Waals surface area contributed by atoms with Crippen molar-refractivity contribution in [2.75, 3.05) is 11.4 Å². The molecule has 4 aromatic rings. The average molecular weight is 416 g/mol. The van der Waals surface area contributed by atoms with Crippen molar-refractivity contribution < 1.29 is 4.79 Å². The Balaban J connectivity index is 1.54. The number of benzene rings is 3. The predicted octanol–water partition coefficient (Wildman–Crippen LogP) is 5.57. The van der Waals surface area contributed by atoms with Crippen molar-refractivity contribution in [2.45, 2.75) is 25.8 Å². The normalized spacial score (nSPS) is 16.5. The second-order valence-corrected chi connectivity index (χ2v) is 8.29. The fourth-order valence-electron chi connectivity index (χ4n) is 4.29. The molecule has 30 heavy (non-hydrogen) atoms. The summed E-state index contributed by atoms with van der Waals surface area (Å²) < 4.78 is 2.22. The van der Waals surface area contributed by atoms with Crippen LogP contribution >= 0.6 is 11.6 Å². The highest BCUT2D eigenvalue weighted by atomic mass is 35.5. The lowest BCUT2D eigenvalue weighted by Gasteiger charge is -2.18. The molecule has 0 bridgehead atoms. The first-order chi connectivity index (χ1) is 14.6. The van der Waals surface area contributed by atoms with Crippen molar-refractivity contribution in [1.29, 1.82) is 0 Å². The van der Waals surface area contributed by atoms with Gasteiger partial charge in [0, 0.05) is 29.6 Å². The van der Waals surface area contributed by atoms with E-state index in [2.05, 4.69) is 16.7 Å². The molecule has 0 N–H and O–H groups in total. The number of anilines is 1. The highest BCUT2D eigenvalue weighted by Crippen LogP contribution is 2.34. The molecule has 3 aromatic carbocycles. The van der Waals surface area contributed by atoms with Gasteiger partial charge >= 0.3 is 0 Å². The molecular weight excluding hydrogens is 394 g/mol.